The smallest absolute Gasteiger partial charge is 0.334 e. The number of hydrogen-bond donors (Lipinski definition) is 2. The van der Waals surface area contributed by atoms with Crippen molar-refractivity contribution in [2.75, 3.05) is 0 Å². The molecule has 5 nitrogen and oxygen atoms in total. The van der Waals surface area contributed by atoms with E-state index in [1.165, 1.54) is 0 Å². The lowest BCUT2D eigenvalue weighted by molar-refractivity contribution is -0.147. The molecule has 0 aliphatic rings. The molecule has 66 valence electrons. The lowest BCUT2D eigenvalue weighted by Crippen LogP contribution is -2.25. The zero-order valence-electron chi connectivity index (χ0n) is 6.01. The van der Waals surface area contributed by atoms with Crippen LogP contribution in [0.3, 0.4) is 0 Å². The molecule has 2 N–H and O–H groups in total. The number of rotatable bonds is 3. The molecule has 0 aromatic carbocycles. The molecule has 6 heteroatoms. The molecule has 0 aliphatic heterocycles. The molecular formula is C6H7FN2O3. The number of aliphatic hydroxyl groups excluding tert-OH is 1. The third-order valence-corrected chi connectivity index (χ3v) is 1.25. The van der Waals surface area contributed by atoms with E-state index in [2.05, 4.69) is 5.10 Å². The Morgan fingerprint density at radius 2 is 2.50 bits per heavy atom. The van der Waals surface area contributed by atoms with Crippen LogP contribution in [-0.2, 0) is 11.3 Å². The van der Waals surface area contributed by atoms with E-state index in [-0.39, 0.29) is 6.54 Å². The standard InChI is InChI=1S/C6H7FN2O3/c7-4-1-8-9(2-4)3-5(10)6(11)12/h1-2,5,10H,3H2,(H,11,12). The molecule has 1 rings (SSSR count). The maximum atomic E-state index is 12.3. The Hall–Kier alpha value is -1.43. The lowest BCUT2D eigenvalue weighted by atomic mass is 10.4. The van der Waals surface area contributed by atoms with Gasteiger partial charge in [0, 0.05) is 0 Å². The predicted molar refractivity (Wildman–Crippen MR) is 35.8 cm³/mol. The fourth-order valence-corrected chi connectivity index (χ4v) is 0.693. The summed E-state index contributed by atoms with van der Waals surface area (Å²) in [6.45, 7) is -0.251. The second kappa shape index (κ2) is 3.31. The average molecular weight is 174 g/mol. The van der Waals surface area contributed by atoms with E-state index >= 15 is 0 Å². The minimum atomic E-state index is -1.55. The van der Waals surface area contributed by atoms with Gasteiger partial charge in [-0.1, -0.05) is 0 Å². The molecule has 1 unspecified atom stereocenters. The van der Waals surface area contributed by atoms with Gasteiger partial charge in [0.1, 0.15) is 0 Å². The zero-order chi connectivity index (χ0) is 9.14. The number of aliphatic carboxylic acids is 1. The number of halogens is 1. The van der Waals surface area contributed by atoms with Crippen molar-refractivity contribution in [1.29, 1.82) is 0 Å². The summed E-state index contributed by atoms with van der Waals surface area (Å²) in [4.78, 5) is 10.1. The molecule has 0 radical (unpaired) electrons. The molecule has 12 heavy (non-hydrogen) atoms. The first-order chi connectivity index (χ1) is 5.59. The molecule has 0 spiro atoms. The Morgan fingerprint density at radius 3 is 2.92 bits per heavy atom. The normalized spacial score (nSPS) is 12.8. The van der Waals surface area contributed by atoms with E-state index in [0.29, 0.717) is 0 Å². The van der Waals surface area contributed by atoms with Gasteiger partial charge in [0.15, 0.2) is 11.9 Å². The van der Waals surface area contributed by atoms with Crippen LogP contribution in [0.5, 0.6) is 0 Å². The monoisotopic (exact) mass is 174 g/mol. The second-order valence-corrected chi connectivity index (χ2v) is 2.23. The van der Waals surface area contributed by atoms with Gasteiger partial charge in [-0.25, -0.2) is 9.18 Å². The molecule has 1 atom stereocenters. The van der Waals surface area contributed by atoms with Crippen LogP contribution in [0, 0.1) is 5.82 Å². The first kappa shape index (κ1) is 8.66. The van der Waals surface area contributed by atoms with Crippen molar-refractivity contribution in [1.82, 2.24) is 9.78 Å². The molecule has 1 aromatic heterocycles. The highest BCUT2D eigenvalue weighted by Gasteiger charge is 2.13. The number of nitrogens with zero attached hydrogens (tertiary/aromatic N) is 2. The van der Waals surface area contributed by atoms with E-state index < -0.39 is 17.9 Å². The van der Waals surface area contributed by atoms with Gasteiger partial charge < -0.3 is 10.2 Å². The van der Waals surface area contributed by atoms with E-state index in [1.54, 1.807) is 0 Å². The molecular weight excluding hydrogens is 167 g/mol. The zero-order valence-corrected chi connectivity index (χ0v) is 6.01. The van der Waals surface area contributed by atoms with E-state index in [0.717, 1.165) is 17.1 Å². The van der Waals surface area contributed by atoms with Crippen LogP contribution in [0.15, 0.2) is 12.4 Å². The van der Waals surface area contributed by atoms with Gasteiger partial charge in [0.05, 0.1) is 18.9 Å². The van der Waals surface area contributed by atoms with E-state index in [4.69, 9.17) is 10.2 Å². The van der Waals surface area contributed by atoms with Gasteiger partial charge >= 0.3 is 5.97 Å². The Morgan fingerprint density at radius 1 is 1.83 bits per heavy atom. The minimum absolute atomic E-state index is 0.251. The summed E-state index contributed by atoms with van der Waals surface area (Å²) in [6.07, 6.45) is 0.394. The molecule has 0 bridgehead atoms. The largest absolute Gasteiger partial charge is 0.479 e. The van der Waals surface area contributed by atoms with Gasteiger partial charge in [-0.15, -0.1) is 0 Å². The van der Waals surface area contributed by atoms with Crippen molar-refractivity contribution in [3.05, 3.63) is 18.2 Å². The first-order valence-corrected chi connectivity index (χ1v) is 3.18. The Balaban J connectivity index is 2.58. The van der Waals surface area contributed by atoms with Crippen LogP contribution in [0.25, 0.3) is 0 Å². The highest BCUT2D eigenvalue weighted by atomic mass is 19.1. The molecule has 1 heterocycles. The summed E-state index contributed by atoms with van der Waals surface area (Å²) in [6, 6.07) is 0. The summed E-state index contributed by atoms with van der Waals surface area (Å²) in [5.74, 6) is -1.92. The van der Waals surface area contributed by atoms with Crippen molar-refractivity contribution in [2.24, 2.45) is 0 Å². The first-order valence-electron chi connectivity index (χ1n) is 3.18. The van der Waals surface area contributed by atoms with Gasteiger partial charge in [-0.3, -0.25) is 4.68 Å². The maximum Gasteiger partial charge on any atom is 0.334 e. The van der Waals surface area contributed by atoms with Gasteiger partial charge in [-0.05, 0) is 0 Å². The van der Waals surface area contributed by atoms with Gasteiger partial charge in [-0.2, -0.15) is 5.10 Å². The third kappa shape index (κ3) is 2.03. The topological polar surface area (TPSA) is 75.3 Å². The van der Waals surface area contributed by atoms with Gasteiger partial charge in [0.25, 0.3) is 0 Å². The van der Waals surface area contributed by atoms with Crippen molar-refractivity contribution in [3.63, 3.8) is 0 Å². The molecule has 0 saturated carbocycles. The summed E-state index contributed by atoms with van der Waals surface area (Å²) in [5.41, 5.74) is 0. The Labute approximate surface area is 67.0 Å². The average Bonchev–Trinajstić information content (AvgIpc) is 2.35. The Bertz CT molecular complexity index is 286. The van der Waals surface area contributed by atoms with E-state index in [9.17, 15) is 9.18 Å². The Kier molecular flexibility index (Phi) is 2.39. The van der Waals surface area contributed by atoms with Crippen LogP contribution >= 0.6 is 0 Å². The number of carboxylic acids is 1. The lowest BCUT2D eigenvalue weighted by Gasteiger charge is -2.03. The third-order valence-electron chi connectivity index (χ3n) is 1.25. The summed E-state index contributed by atoms with van der Waals surface area (Å²) in [5, 5.41) is 20.5. The number of hydrogen-bond acceptors (Lipinski definition) is 3. The van der Waals surface area contributed by atoms with E-state index in [1.807, 2.05) is 0 Å². The molecule has 0 amide bonds. The number of carbonyl (C=O) groups is 1. The number of carboxylic acid groups (broad SMARTS) is 1. The summed E-state index contributed by atoms with van der Waals surface area (Å²) >= 11 is 0. The van der Waals surface area contributed by atoms with Crippen LogP contribution in [-0.4, -0.2) is 32.1 Å². The highest BCUT2D eigenvalue weighted by Crippen LogP contribution is 1.95. The van der Waals surface area contributed by atoms with Crippen molar-refractivity contribution < 1.29 is 19.4 Å². The summed E-state index contributed by atoms with van der Waals surface area (Å²) < 4.78 is 13.3. The van der Waals surface area contributed by atoms with Crippen LogP contribution < -0.4 is 0 Å². The fourth-order valence-electron chi connectivity index (χ4n) is 0.693. The second-order valence-electron chi connectivity index (χ2n) is 2.23. The quantitative estimate of drug-likeness (QED) is 0.645. The fraction of sp³-hybridized carbons (Fsp3) is 0.333. The SMILES string of the molecule is O=C(O)C(O)Cn1cc(F)cn1. The van der Waals surface area contributed by atoms with Gasteiger partial charge in [0.2, 0.25) is 0 Å². The molecule has 1 aromatic rings. The molecule has 0 saturated heterocycles. The van der Waals surface area contributed by atoms with Crippen molar-refractivity contribution >= 4 is 5.97 Å². The van der Waals surface area contributed by atoms with Crippen LogP contribution in [0.4, 0.5) is 4.39 Å². The number of aliphatic hydroxyl groups is 1. The summed E-state index contributed by atoms with van der Waals surface area (Å²) in [7, 11) is 0. The highest BCUT2D eigenvalue weighted by molar-refractivity contribution is 5.71. The minimum Gasteiger partial charge on any atom is -0.479 e. The van der Waals surface area contributed by atoms with Crippen molar-refractivity contribution in [3.8, 4) is 0 Å². The van der Waals surface area contributed by atoms with Crippen LogP contribution in [0.2, 0.25) is 0 Å². The van der Waals surface area contributed by atoms with Crippen LogP contribution in [0.1, 0.15) is 0 Å². The van der Waals surface area contributed by atoms with Crippen molar-refractivity contribution in [2.45, 2.75) is 12.6 Å². The maximum absolute atomic E-state index is 12.3. The predicted octanol–water partition coefficient (Wildman–Crippen LogP) is -0.532. The molecule has 0 fully saturated rings. The number of aromatic nitrogens is 2. The molecule has 0 aliphatic carbocycles.